The number of rotatable bonds is 2. The average Bonchev–Trinajstić information content (AvgIpc) is 2.76. The van der Waals surface area contributed by atoms with Crippen LogP contribution in [-0.2, 0) is 4.79 Å². The molecule has 0 spiro atoms. The molecule has 102 valence electrons. The van der Waals surface area contributed by atoms with Crippen molar-refractivity contribution in [2.75, 3.05) is 11.4 Å². The van der Waals surface area contributed by atoms with E-state index in [1.54, 1.807) is 35.2 Å². The zero-order valence-corrected chi connectivity index (χ0v) is 11.2. The molecule has 6 heteroatoms. The highest BCUT2D eigenvalue weighted by molar-refractivity contribution is 6.24. The van der Waals surface area contributed by atoms with E-state index in [-0.39, 0.29) is 17.0 Å². The Kier molecular flexibility index (Phi) is 3.06. The van der Waals surface area contributed by atoms with Crippen molar-refractivity contribution in [2.24, 2.45) is 0 Å². The Morgan fingerprint density at radius 3 is 2.50 bits per heavy atom. The summed E-state index contributed by atoms with van der Waals surface area (Å²) in [5, 5.41) is 12.1. The first kappa shape index (κ1) is 12.9. The number of alkyl halides is 1. The van der Waals surface area contributed by atoms with Gasteiger partial charge in [-0.1, -0.05) is 18.2 Å². The molecule has 5 nitrogen and oxygen atoms in total. The highest BCUT2D eigenvalue weighted by Gasteiger charge is 2.30. The Bertz CT molecular complexity index is 717. The molecule has 1 aliphatic heterocycles. The number of halogens is 1. The fourth-order valence-corrected chi connectivity index (χ4v) is 2.83. The maximum absolute atomic E-state index is 12.0. The molecule has 1 saturated heterocycles. The maximum Gasteiger partial charge on any atom is 0.277 e. The average molecular weight is 291 g/mol. The molecule has 2 aromatic rings. The number of carbonyl (C=O) groups excluding carboxylic acids is 1. The Morgan fingerprint density at radius 2 is 1.90 bits per heavy atom. The van der Waals surface area contributed by atoms with Gasteiger partial charge >= 0.3 is 0 Å². The summed E-state index contributed by atoms with van der Waals surface area (Å²) in [4.78, 5) is 24.2. The highest BCUT2D eigenvalue weighted by atomic mass is 35.5. The van der Waals surface area contributed by atoms with Crippen molar-refractivity contribution in [1.29, 1.82) is 0 Å². The van der Waals surface area contributed by atoms with Gasteiger partial charge in [0.25, 0.3) is 5.69 Å². The largest absolute Gasteiger partial charge is 0.310 e. The van der Waals surface area contributed by atoms with Crippen LogP contribution >= 0.6 is 11.6 Å². The van der Waals surface area contributed by atoms with Crippen LogP contribution in [-0.4, -0.2) is 22.8 Å². The summed E-state index contributed by atoms with van der Waals surface area (Å²) < 4.78 is 0. The zero-order valence-electron chi connectivity index (χ0n) is 10.5. The molecule has 2 aromatic carbocycles. The van der Waals surface area contributed by atoms with Crippen LogP contribution in [0.4, 0.5) is 11.4 Å². The lowest BCUT2D eigenvalue weighted by atomic mass is 10.1. The van der Waals surface area contributed by atoms with Gasteiger partial charge in [-0.15, -0.1) is 11.6 Å². The van der Waals surface area contributed by atoms with Crippen molar-refractivity contribution in [3.8, 4) is 0 Å². The fraction of sp³-hybridized carbons (Fsp3) is 0.214. The summed E-state index contributed by atoms with van der Waals surface area (Å²) in [6, 6.07) is 10.1. The van der Waals surface area contributed by atoms with Gasteiger partial charge in [-0.2, -0.15) is 0 Å². The molecule has 0 radical (unpaired) electrons. The Hall–Kier alpha value is -2.14. The predicted molar refractivity (Wildman–Crippen MR) is 77.2 cm³/mol. The summed E-state index contributed by atoms with van der Waals surface area (Å²) in [5.41, 5.74) is 0.720. The molecule has 0 N–H and O–H groups in total. The van der Waals surface area contributed by atoms with Gasteiger partial charge in [-0.3, -0.25) is 14.9 Å². The smallest absolute Gasteiger partial charge is 0.277 e. The summed E-state index contributed by atoms with van der Waals surface area (Å²) in [6.45, 7) is 0.433. The summed E-state index contributed by atoms with van der Waals surface area (Å²) >= 11 is 6.01. The van der Waals surface area contributed by atoms with E-state index in [1.165, 1.54) is 6.07 Å². The second kappa shape index (κ2) is 4.76. The molecule has 1 atom stereocenters. The minimum atomic E-state index is -0.414. The molecule has 1 aliphatic rings. The van der Waals surface area contributed by atoms with Gasteiger partial charge in [0.05, 0.1) is 21.4 Å². The minimum absolute atomic E-state index is 0.0402. The van der Waals surface area contributed by atoms with Crippen LogP contribution in [0.5, 0.6) is 0 Å². The van der Waals surface area contributed by atoms with Crippen molar-refractivity contribution < 1.29 is 9.72 Å². The number of fused-ring (bicyclic) bond motifs is 1. The minimum Gasteiger partial charge on any atom is -0.310 e. The zero-order chi connectivity index (χ0) is 14.3. The lowest BCUT2D eigenvalue weighted by molar-refractivity contribution is -0.383. The van der Waals surface area contributed by atoms with Gasteiger partial charge in [0.1, 0.15) is 0 Å². The van der Waals surface area contributed by atoms with Crippen molar-refractivity contribution >= 4 is 39.7 Å². The number of nitro benzene ring substituents is 1. The molecule has 0 bridgehead atoms. The molecule has 0 saturated carbocycles. The third-order valence-electron chi connectivity index (χ3n) is 3.44. The summed E-state index contributed by atoms with van der Waals surface area (Å²) in [5.74, 6) is -0.0518. The molecule has 0 aliphatic carbocycles. The SMILES string of the molecule is O=C1CC(Cl)CN1c1ccc([N+](=O)[O-])c2ccccc12. The quantitative estimate of drug-likeness (QED) is 0.485. The van der Waals surface area contributed by atoms with Gasteiger partial charge in [-0.25, -0.2) is 0 Å². The molecule has 1 fully saturated rings. The van der Waals surface area contributed by atoms with Crippen LogP contribution in [0.15, 0.2) is 36.4 Å². The van der Waals surface area contributed by atoms with Crippen molar-refractivity contribution in [3.63, 3.8) is 0 Å². The topological polar surface area (TPSA) is 63.5 Å². The Balaban J connectivity index is 2.21. The molecule has 20 heavy (non-hydrogen) atoms. The number of nitro groups is 1. The monoisotopic (exact) mass is 290 g/mol. The van der Waals surface area contributed by atoms with Crippen molar-refractivity contribution in [1.82, 2.24) is 0 Å². The van der Waals surface area contributed by atoms with E-state index in [0.717, 1.165) is 0 Å². The first-order chi connectivity index (χ1) is 9.58. The molecule has 1 unspecified atom stereocenters. The van der Waals surface area contributed by atoms with Gasteiger partial charge < -0.3 is 4.90 Å². The number of non-ortho nitro benzene ring substituents is 1. The predicted octanol–water partition coefficient (Wildman–Crippen LogP) is 3.09. The molecule has 3 rings (SSSR count). The molecule has 0 aromatic heterocycles. The first-order valence-corrected chi connectivity index (χ1v) is 6.62. The van der Waals surface area contributed by atoms with E-state index in [1.807, 2.05) is 0 Å². The van der Waals surface area contributed by atoms with E-state index in [9.17, 15) is 14.9 Å². The number of hydrogen-bond donors (Lipinski definition) is 0. The second-order valence-electron chi connectivity index (χ2n) is 4.71. The van der Waals surface area contributed by atoms with E-state index >= 15 is 0 Å². The molecule has 1 heterocycles. The molecular weight excluding hydrogens is 280 g/mol. The standard InChI is InChI=1S/C14H11ClN2O3/c15-9-7-14(18)16(8-9)12-5-6-13(17(19)20)11-4-2-1-3-10(11)12/h1-6,9H,7-8H2. The van der Waals surface area contributed by atoms with E-state index in [2.05, 4.69) is 0 Å². The van der Waals surface area contributed by atoms with Gasteiger partial charge in [-0.05, 0) is 12.1 Å². The third kappa shape index (κ3) is 2.00. The van der Waals surface area contributed by atoms with Crippen molar-refractivity contribution in [3.05, 3.63) is 46.5 Å². The van der Waals surface area contributed by atoms with Crippen LogP contribution in [0.3, 0.4) is 0 Å². The number of hydrogen-bond acceptors (Lipinski definition) is 3. The number of anilines is 1. The number of amides is 1. The first-order valence-electron chi connectivity index (χ1n) is 6.18. The van der Waals surface area contributed by atoms with Crippen molar-refractivity contribution in [2.45, 2.75) is 11.8 Å². The van der Waals surface area contributed by atoms with Gasteiger partial charge in [0.15, 0.2) is 0 Å². The van der Waals surface area contributed by atoms with Crippen LogP contribution < -0.4 is 4.90 Å². The number of benzene rings is 2. The highest BCUT2D eigenvalue weighted by Crippen LogP contribution is 2.35. The fourth-order valence-electron chi connectivity index (χ4n) is 2.56. The van der Waals surface area contributed by atoms with Crippen LogP contribution in [0.2, 0.25) is 0 Å². The van der Waals surface area contributed by atoms with Crippen LogP contribution in [0.1, 0.15) is 6.42 Å². The summed E-state index contributed by atoms with van der Waals surface area (Å²) in [7, 11) is 0. The second-order valence-corrected chi connectivity index (χ2v) is 5.33. The Morgan fingerprint density at radius 1 is 1.20 bits per heavy atom. The van der Waals surface area contributed by atoms with Crippen LogP contribution in [0.25, 0.3) is 10.8 Å². The summed E-state index contributed by atoms with van der Waals surface area (Å²) in [6.07, 6.45) is 0.298. The molecule has 1 amide bonds. The lowest BCUT2D eigenvalue weighted by Gasteiger charge is -2.18. The van der Waals surface area contributed by atoms with E-state index in [4.69, 9.17) is 11.6 Å². The van der Waals surface area contributed by atoms with E-state index in [0.29, 0.717) is 29.4 Å². The lowest BCUT2D eigenvalue weighted by Crippen LogP contribution is -2.24. The normalized spacial score (nSPS) is 18.8. The number of nitrogens with zero attached hydrogens (tertiary/aromatic N) is 2. The van der Waals surface area contributed by atoms with Crippen LogP contribution in [0, 0.1) is 10.1 Å². The third-order valence-corrected chi connectivity index (χ3v) is 3.74. The van der Waals surface area contributed by atoms with E-state index < -0.39 is 4.92 Å². The Labute approximate surface area is 119 Å². The molecular formula is C14H11ClN2O3. The van der Waals surface area contributed by atoms with Gasteiger partial charge in [0.2, 0.25) is 5.91 Å². The van der Waals surface area contributed by atoms with Gasteiger partial charge in [0, 0.05) is 24.4 Å². The number of carbonyl (C=O) groups is 1. The maximum atomic E-state index is 12.0.